The van der Waals surface area contributed by atoms with Crippen LogP contribution in [-0.2, 0) is 6.42 Å². The Labute approximate surface area is 135 Å². The van der Waals surface area contributed by atoms with Gasteiger partial charge in [-0.1, -0.05) is 6.07 Å². The normalized spacial score (nSPS) is 16.1. The third kappa shape index (κ3) is 2.47. The average molecular weight is 315 g/mol. The molecule has 0 fully saturated rings. The zero-order valence-corrected chi connectivity index (χ0v) is 13.6. The van der Waals surface area contributed by atoms with Crippen molar-refractivity contribution in [2.75, 3.05) is 21.3 Å². The second-order valence-electron chi connectivity index (χ2n) is 5.60. The summed E-state index contributed by atoms with van der Waals surface area (Å²) in [5, 5.41) is 9.82. The van der Waals surface area contributed by atoms with Gasteiger partial charge in [0.15, 0.2) is 11.5 Å². The third-order valence-corrected chi connectivity index (χ3v) is 4.34. The number of ether oxygens (including phenoxy) is 3. The molecule has 0 bridgehead atoms. The monoisotopic (exact) mass is 315 g/mol. The van der Waals surface area contributed by atoms with E-state index in [2.05, 4.69) is 0 Å². The molecule has 23 heavy (non-hydrogen) atoms. The lowest BCUT2D eigenvalue weighted by atomic mass is 9.94. The fourth-order valence-corrected chi connectivity index (χ4v) is 3.25. The summed E-state index contributed by atoms with van der Waals surface area (Å²) in [6.45, 7) is 0. The molecule has 0 amide bonds. The van der Waals surface area contributed by atoms with Gasteiger partial charge in [-0.3, -0.25) is 0 Å². The van der Waals surface area contributed by atoms with E-state index in [0.29, 0.717) is 17.2 Å². The summed E-state index contributed by atoms with van der Waals surface area (Å²) in [6.07, 6.45) is 1.57. The van der Waals surface area contributed by atoms with Crippen LogP contribution in [0.1, 0.15) is 23.6 Å². The van der Waals surface area contributed by atoms with E-state index in [1.54, 1.807) is 33.5 Å². The standard InChI is InChI=1S/C18H21NO4/c1-21-15-8-10-4-7-14(19)13-9-11(20)5-6-12(13)16(10)18(23-3)17(15)22-2/h5-6,8-9,14,20H,4,7,19H2,1-3H3. The maximum absolute atomic E-state index is 9.82. The Kier molecular flexibility index (Phi) is 4.05. The average Bonchev–Trinajstić information content (AvgIpc) is 2.70. The second-order valence-corrected chi connectivity index (χ2v) is 5.60. The van der Waals surface area contributed by atoms with E-state index in [9.17, 15) is 5.11 Å². The van der Waals surface area contributed by atoms with Crippen molar-refractivity contribution in [3.8, 4) is 34.1 Å². The molecule has 1 aliphatic rings. The van der Waals surface area contributed by atoms with Crippen molar-refractivity contribution >= 4 is 0 Å². The van der Waals surface area contributed by atoms with Crippen molar-refractivity contribution in [2.24, 2.45) is 5.73 Å². The first-order chi connectivity index (χ1) is 11.1. The van der Waals surface area contributed by atoms with E-state index in [4.69, 9.17) is 19.9 Å². The molecule has 2 aromatic carbocycles. The van der Waals surface area contributed by atoms with E-state index >= 15 is 0 Å². The van der Waals surface area contributed by atoms with Crippen molar-refractivity contribution in [3.63, 3.8) is 0 Å². The first kappa shape index (κ1) is 15.5. The number of fused-ring (bicyclic) bond motifs is 3. The molecule has 0 heterocycles. The Morgan fingerprint density at radius 2 is 1.78 bits per heavy atom. The number of methoxy groups -OCH3 is 3. The van der Waals surface area contributed by atoms with Gasteiger partial charge in [-0.15, -0.1) is 0 Å². The predicted octanol–water partition coefficient (Wildman–Crippen LogP) is 3.03. The first-order valence-corrected chi connectivity index (χ1v) is 7.51. The summed E-state index contributed by atoms with van der Waals surface area (Å²) >= 11 is 0. The lowest BCUT2D eigenvalue weighted by molar-refractivity contribution is 0.324. The molecule has 0 spiro atoms. The zero-order valence-electron chi connectivity index (χ0n) is 13.6. The molecule has 0 radical (unpaired) electrons. The third-order valence-electron chi connectivity index (χ3n) is 4.34. The Morgan fingerprint density at radius 1 is 1.04 bits per heavy atom. The van der Waals surface area contributed by atoms with Gasteiger partial charge in [0, 0.05) is 11.6 Å². The SMILES string of the molecule is COc1cc2c(c(OC)c1OC)-c1ccc(O)cc1C(N)CC2. The largest absolute Gasteiger partial charge is 0.508 e. The van der Waals surface area contributed by atoms with Crippen molar-refractivity contribution < 1.29 is 19.3 Å². The van der Waals surface area contributed by atoms with Crippen LogP contribution in [0.3, 0.4) is 0 Å². The van der Waals surface area contributed by atoms with Crippen LogP contribution in [0.15, 0.2) is 24.3 Å². The number of nitrogens with two attached hydrogens (primary N) is 1. The fraction of sp³-hybridized carbons (Fsp3) is 0.333. The summed E-state index contributed by atoms with van der Waals surface area (Å²) in [5.74, 6) is 2.03. The molecule has 122 valence electrons. The number of benzene rings is 2. The topological polar surface area (TPSA) is 73.9 Å². The smallest absolute Gasteiger partial charge is 0.203 e. The first-order valence-electron chi connectivity index (χ1n) is 7.51. The van der Waals surface area contributed by atoms with Crippen molar-refractivity contribution in [3.05, 3.63) is 35.4 Å². The zero-order chi connectivity index (χ0) is 16.6. The lowest BCUT2D eigenvalue weighted by Gasteiger charge is -2.20. The minimum absolute atomic E-state index is 0.147. The number of phenolic OH excluding ortho intramolecular Hbond substituents is 1. The van der Waals surface area contributed by atoms with Crippen LogP contribution in [0.25, 0.3) is 11.1 Å². The molecular formula is C18H21NO4. The molecule has 5 nitrogen and oxygen atoms in total. The Hall–Kier alpha value is -2.40. The van der Waals surface area contributed by atoms with Crippen LogP contribution in [0.5, 0.6) is 23.0 Å². The molecule has 0 aliphatic heterocycles. The van der Waals surface area contributed by atoms with Crippen LogP contribution in [0.4, 0.5) is 0 Å². The highest BCUT2D eigenvalue weighted by Crippen LogP contribution is 2.50. The molecule has 3 N–H and O–H groups in total. The second kappa shape index (κ2) is 6.01. The number of rotatable bonds is 3. The molecule has 1 unspecified atom stereocenters. The van der Waals surface area contributed by atoms with Gasteiger partial charge in [-0.25, -0.2) is 0 Å². The highest BCUT2D eigenvalue weighted by Gasteiger charge is 2.27. The minimum Gasteiger partial charge on any atom is -0.508 e. The Morgan fingerprint density at radius 3 is 2.43 bits per heavy atom. The summed E-state index contributed by atoms with van der Waals surface area (Å²) in [7, 11) is 4.81. The molecule has 1 atom stereocenters. The molecule has 0 aromatic heterocycles. The Bertz CT molecular complexity index is 742. The lowest BCUT2D eigenvalue weighted by Crippen LogP contribution is -2.10. The van der Waals surface area contributed by atoms with Gasteiger partial charge in [0.05, 0.1) is 21.3 Å². The summed E-state index contributed by atoms with van der Waals surface area (Å²) < 4.78 is 16.6. The van der Waals surface area contributed by atoms with E-state index < -0.39 is 0 Å². The van der Waals surface area contributed by atoms with Crippen LogP contribution < -0.4 is 19.9 Å². The molecule has 0 saturated carbocycles. The van der Waals surface area contributed by atoms with Crippen LogP contribution in [-0.4, -0.2) is 26.4 Å². The van der Waals surface area contributed by atoms with Gasteiger partial charge >= 0.3 is 0 Å². The fourth-order valence-electron chi connectivity index (χ4n) is 3.25. The number of hydrogen-bond acceptors (Lipinski definition) is 5. The molecule has 1 aliphatic carbocycles. The van der Waals surface area contributed by atoms with Crippen molar-refractivity contribution in [2.45, 2.75) is 18.9 Å². The number of hydrogen-bond donors (Lipinski definition) is 2. The number of aromatic hydroxyl groups is 1. The quantitative estimate of drug-likeness (QED) is 0.910. The van der Waals surface area contributed by atoms with Crippen LogP contribution in [0.2, 0.25) is 0 Å². The van der Waals surface area contributed by atoms with E-state index in [0.717, 1.165) is 35.1 Å². The molecule has 5 heteroatoms. The van der Waals surface area contributed by atoms with E-state index in [1.807, 2.05) is 12.1 Å². The predicted molar refractivity (Wildman–Crippen MR) is 88.4 cm³/mol. The summed E-state index contributed by atoms with van der Waals surface area (Å²) in [4.78, 5) is 0. The molecule has 3 rings (SSSR count). The van der Waals surface area contributed by atoms with Gasteiger partial charge in [-0.05, 0) is 47.7 Å². The Balaban J connectivity index is 2.36. The highest BCUT2D eigenvalue weighted by molar-refractivity contribution is 5.83. The molecule has 0 saturated heterocycles. The van der Waals surface area contributed by atoms with Gasteiger partial charge in [0.25, 0.3) is 0 Å². The van der Waals surface area contributed by atoms with E-state index in [1.165, 1.54) is 0 Å². The van der Waals surface area contributed by atoms with Crippen molar-refractivity contribution in [1.82, 2.24) is 0 Å². The highest BCUT2D eigenvalue weighted by atomic mass is 16.5. The van der Waals surface area contributed by atoms with Gasteiger partial charge < -0.3 is 25.1 Å². The number of aryl methyl sites for hydroxylation is 1. The molecular weight excluding hydrogens is 294 g/mol. The minimum atomic E-state index is -0.147. The van der Waals surface area contributed by atoms with Crippen molar-refractivity contribution in [1.29, 1.82) is 0 Å². The maximum atomic E-state index is 9.82. The van der Waals surface area contributed by atoms with E-state index in [-0.39, 0.29) is 11.8 Å². The number of phenols is 1. The van der Waals surface area contributed by atoms with Gasteiger partial charge in [0.2, 0.25) is 5.75 Å². The van der Waals surface area contributed by atoms with Gasteiger partial charge in [-0.2, -0.15) is 0 Å². The summed E-state index contributed by atoms with van der Waals surface area (Å²) in [5.41, 5.74) is 10.2. The summed E-state index contributed by atoms with van der Waals surface area (Å²) in [6, 6.07) is 7.10. The maximum Gasteiger partial charge on any atom is 0.203 e. The van der Waals surface area contributed by atoms with Gasteiger partial charge in [0.1, 0.15) is 5.75 Å². The molecule has 2 aromatic rings. The van der Waals surface area contributed by atoms with Crippen LogP contribution >= 0.6 is 0 Å². The van der Waals surface area contributed by atoms with Crippen LogP contribution in [0, 0.1) is 0 Å².